The maximum Gasteiger partial charge on any atom is 0.416 e. The zero-order valence-corrected chi connectivity index (χ0v) is 16.5. The number of halogens is 4. The van der Waals surface area contributed by atoms with Crippen LogP contribution in [0.4, 0.5) is 28.9 Å². The molecule has 0 saturated heterocycles. The van der Waals surface area contributed by atoms with Crippen molar-refractivity contribution in [3.63, 3.8) is 0 Å². The van der Waals surface area contributed by atoms with Crippen LogP contribution in [0.25, 0.3) is 22.4 Å². The van der Waals surface area contributed by atoms with Gasteiger partial charge in [-0.3, -0.25) is 4.98 Å². The van der Waals surface area contributed by atoms with Gasteiger partial charge in [0.15, 0.2) is 23.0 Å². The summed E-state index contributed by atoms with van der Waals surface area (Å²) < 4.78 is 64.6. The number of aromatic nitrogens is 3. The highest BCUT2D eigenvalue weighted by Crippen LogP contribution is 2.48. The third-order valence-electron chi connectivity index (χ3n) is 4.94. The van der Waals surface area contributed by atoms with Crippen LogP contribution in [0.15, 0.2) is 48.7 Å². The summed E-state index contributed by atoms with van der Waals surface area (Å²) in [7, 11) is 1.46. The predicted octanol–water partition coefficient (Wildman–Crippen LogP) is 5.85. The largest absolute Gasteiger partial charge is 0.451 e. The normalized spacial score (nSPS) is 12.7. The van der Waals surface area contributed by atoms with Gasteiger partial charge in [0, 0.05) is 18.7 Å². The number of alkyl halides is 3. The highest BCUT2D eigenvalue weighted by Gasteiger charge is 2.33. The molecule has 0 aliphatic carbocycles. The molecule has 4 aromatic rings. The number of rotatable bonds is 3. The molecule has 1 N–H and O–H groups in total. The Morgan fingerprint density at radius 3 is 2.69 bits per heavy atom. The summed E-state index contributed by atoms with van der Waals surface area (Å²) in [5.74, 6) is -0.263. The van der Waals surface area contributed by atoms with Crippen LogP contribution in [-0.4, -0.2) is 22.1 Å². The van der Waals surface area contributed by atoms with Crippen molar-refractivity contribution in [3.8, 4) is 22.9 Å². The smallest absolute Gasteiger partial charge is 0.416 e. The lowest BCUT2D eigenvalue weighted by Crippen LogP contribution is -2.11. The molecule has 1 aromatic carbocycles. The molecule has 0 bridgehead atoms. The molecular formula is C22H14F4N4O2. The molecule has 0 amide bonds. The van der Waals surface area contributed by atoms with E-state index in [0.717, 1.165) is 12.1 Å². The number of nitrogens with zero attached hydrogens (tertiary/aromatic N) is 3. The fraction of sp³-hybridized carbons (Fsp3) is 0.136. The van der Waals surface area contributed by atoms with Crippen LogP contribution in [0, 0.1) is 5.82 Å². The molecular weight excluding hydrogens is 428 g/mol. The van der Waals surface area contributed by atoms with E-state index in [1.807, 2.05) is 0 Å². The Kier molecular flexibility index (Phi) is 4.66. The van der Waals surface area contributed by atoms with E-state index >= 15 is 0 Å². The lowest BCUT2D eigenvalue weighted by atomic mass is 10.1. The number of pyridine rings is 3. The van der Waals surface area contributed by atoms with E-state index in [4.69, 9.17) is 9.47 Å². The Hall–Kier alpha value is -3.79. The average Bonchev–Trinajstić information content (AvgIpc) is 2.77. The molecule has 1 aliphatic rings. The highest BCUT2D eigenvalue weighted by molar-refractivity contribution is 5.98. The van der Waals surface area contributed by atoms with Crippen molar-refractivity contribution in [1.29, 1.82) is 0 Å². The molecule has 0 saturated carbocycles. The standard InChI is InChI=1S/C22H14F4N4O2/c1-31-10-16-20-18(28-14-6-4-11(22(24,25)26)9-17(14)32-20)12-5-7-15(29-21(12)30-16)19-13(23)3-2-8-27-19/h2-9,28H,10H2,1H3. The fourth-order valence-corrected chi connectivity index (χ4v) is 3.48. The van der Waals surface area contributed by atoms with Gasteiger partial charge in [-0.05, 0) is 42.5 Å². The van der Waals surface area contributed by atoms with Crippen LogP contribution in [0.3, 0.4) is 0 Å². The molecule has 0 unspecified atom stereocenters. The number of hydrogen-bond acceptors (Lipinski definition) is 6. The molecule has 0 spiro atoms. The van der Waals surface area contributed by atoms with Crippen LogP contribution in [-0.2, 0) is 17.5 Å². The van der Waals surface area contributed by atoms with Gasteiger partial charge in [-0.25, -0.2) is 14.4 Å². The summed E-state index contributed by atoms with van der Waals surface area (Å²) in [5.41, 5.74) is 1.000. The van der Waals surface area contributed by atoms with E-state index in [-0.39, 0.29) is 29.4 Å². The van der Waals surface area contributed by atoms with Gasteiger partial charge in [0.1, 0.15) is 11.4 Å². The van der Waals surface area contributed by atoms with Crippen LogP contribution < -0.4 is 10.1 Å². The minimum atomic E-state index is -4.50. The highest BCUT2D eigenvalue weighted by atomic mass is 19.4. The molecule has 32 heavy (non-hydrogen) atoms. The maximum atomic E-state index is 14.2. The van der Waals surface area contributed by atoms with E-state index in [1.165, 1.54) is 31.5 Å². The van der Waals surface area contributed by atoms with E-state index in [2.05, 4.69) is 20.3 Å². The number of methoxy groups -OCH3 is 1. The van der Waals surface area contributed by atoms with Crippen LogP contribution in [0.5, 0.6) is 11.5 Å². The van der Waals surface area contributed by atoms with Gasteiger partial charge in [0.2, 0.25) is 0 Å². The first-order chi connectivity index (χ1) is 15.3. The van der Waals surface area contributed by atoms with Crippen LogP contribution in [0.2, 0.25) is 0 Å². The Morgan fingerprint density at radius 1 is 1.09 bits per heavy atom. The number of ether oxygens (including phenoxy) is 2. The lowest BCUT2D eigenvalue weighted by Gasteiger charge is -2.25. The van der Waals surface area contributed by atoms with Crippen LogP contribution in [0.1, 0.15) is 11.3 Å². The SMILES string of the molecule is COCc1nc2nc(-c3ncccc3F)ccc2c2c1Oc1cc(C(F)(F)F)ccc1N2. The van der Waals surface area contributed by atoms with Gasteiger partial charge < -0.3 is 14.8 Å². The molecule has 10 heteroatoms. The monoisotopic (exact) mass is 442 g/mol. The van der Waals surface area contributed by atoms with Gasteiger partial charge in [-0.15, -0.1) is 0 Å². The number of anilines is 2. The Morgan fingerprint density at radius 2 is 1.94 bits per heavy atom. The van der Waals surface area contributed by atoms with Crippen molar-refractivity contribution in [2.45, 2.75) is 12.8 Å². The maximum absolute atomic E-state index is 14.2. The molecule has 3 aromatic heterocycles. The van der Waals surface area contributed by atoms with Crippen molar-refractivity contribution in [2.24, 2.45) is 0 Å². The zero-order chi connectivity index (χ0) is 22.5. The summed E-state index contributed by atoms with van der Waals surface area (Å²) in [6.45, 7) is 0.0259. The second-order valence-corrected chi connectivity index (χ2v) is 7.03. The van der Waals surface area contributed by atoms with E-state index in [9.17, 15) is 17.6 Å². The van der Waals surface area contributed by atoms with E-state index < -0.39 is 17.6 Å². The van der Waals surface area contributed by atoms with Gasteiger partial charge >= 0.3 is 6.18 Å². The van der Waals surface area contributed by atoms with Crippen molar-refractivity contribution in [1.82, 2.24) is 15.0 Å². The Balaban J connectivity index is 1.66. The Labute approximate surface area is 178 Å². The van der Waals surface area contributed by atoms with Crippen molar-refractivity contribution in [3.05, 3.63) is 65.7 Å². The minimum absolute atomic E-state index is 0.0194. The van der Waals surface area contributed by atoms with Gasteiger partial charge in [-0.2, -0.15) is 13.2 Å². The summed E-state index contributed by atoms with van der Waals surface area (Å²) in [6.07, 6.45) is -3.04. The molecule has 0 fully saturated rings. The van der Waals surface area contributed by atoms with Gasteiger partial charge in [-0.1, -0.05) is 0 Å². The molecule has 1 aliphatic heterocycles. The predicted molar refractivity (Wildman–Crippen MR) is 108 cm³/mol. The molecule has 4 heterocycles. The quantitative estimate of drug-likeness (QED) is 0.354. The number of fused-ring (bicyclic) bond motifs is 4. The van der Waals surface area contributed by atoms with Crippen LogP contribution >= 0.6 is 0 Å². The topological polar surface area (TPSA) is 69.2 Å². The molecule has 5 rings (SSSR count). The number of benzene rings is 1. The number of nitrogens with one attached hydrogen (secondary N) is 1. The first kappa shape index (κ1) is 20.1. The molecule has 162 valence electrons. The van der Waals surface area contributed by atoms with E-state index in [1.54, 1.807) is 12.1 Å². The molecule has 0 radical (unpaired) electrons. The minimum Gasteiger partial charge on any atom is -0.451 e. The molecule has 0 atom stereocenters. The second-order valence-electron chi connectivity index (χ2n) is 7.03. The average molecular weight is 442 g/mol. The lowest BCUT2D eigenvalue weighted by molar-refractivity contribution is -0.137. The summed E-state index contributed by atoms with van der Waals surface area (Å²) in [6, 6.07) is 9.24. The molecule has 6 nitrogen and oxygen atoms in total. The third kappa shape index (κ3) is 3.38. The third-order valence-corrected chi connectivity index (χ3v) is 4.94. The van der Waals surface area contributed by atoms with Crippen molar-refractivity contribution >= 4 is 22.4 Å². The zero-order valence-electron chi connectivity index (χ0n) is 16.5. The summed E-state index contributed by atoms with van der Waals surface area (Å²) in [4.78, 5) is 12.9. The first-order valence-corrected chi connectivity index (χ1v) is 9.44. The summed E-state index contributed by atoms with van der Waals surface area (Å²) >= 11 is 0. The summed E-state index contributed by atoms with van der Waals surface area (Å²) in [5, 5.41) is 3.66. The van der Waals surface area contributed by atoms with Gasteiger partial charge in [0.25, 0.3) is 0 Å². The van der Waals surface area contributed by atoms with E-state index in [0.29, 0.717) is 28.1 Å². The van der Waals surface area contributed by atoms with Crippen molar-refractivity contribution < 1.29 is 27.0 Å². The number of hydrogen-bond donors (Lipinski definition) is 1. The van der Waals surface area contributed by atoms with Crippen molar-refractivity contribution in [2.75, 3.05) is 12.4 Å². The second kappa shape index (κ2) is 7.41. The first-order valence-electron chi connectivity index (χ1n) is 9.44. The fourth-order valence-electron chi connectivity index (χ4n) is 3.48. The Bertz CT molecular complexity index is 1360. The van der Waals surface area contributed by atoms with Gasteiger partial charge in [0.05, 0.1) is 29.2 Å².